The summed E-state index contributed by atoms with van der Waals surface area (Å²) in [6.45, 7) is 7.85. The van der Waals surface area contributed by atoms with Gasteiger partial charge in [-0.25, -0.2) is 14.6 Å². The number of carbonyl (C=O) groups is 5. The molecule has 0 radical (unpaired) electrons. The summed E-state index contributed by atoms with van der Waals surface area (Å²) >= 11 is 0. The van der Waals surface area contributed by atoms with Gasteiger partial charge < -0.3 is 47.7 Å². The van der Waals surface area contributed by atoms with Gasteiger partial charge in [-0.1, -0.05) is 100 Å². The van der Waals surface area contributed by atoms with Crippen molar-refractivity contribution in [2.75, 3.05) is 6.54 Å². The van der Waals surface area contributed by atoms with Crippen molar-refractivity contribution in [1.29, 1.82) is 0 Å². The average Bonchev–Trinajstić information content (AvgIpc) is 3.16. The molecule has 322 valence electrons. The van der Waals surface area contributed by atoms with Crippen molar-refractivity contribution >= 4 is 41.4 Å². The van der Waals surface area contributed by atoms with Crippen LogP contribution in [0.25, 0.3) is 0 Å². The van der Waals surface area contributed by atoms with E-state index in [0.29, 0.717) is 30.6 Å². The molecule has 0 saturated carbocycles. The molecule has 3 rings (SSSR count). The Bertz CT molecular complexity index is 1810. The van der Waals surface area contributed by atoms with Crippen molar-refractivity contribution in [3.63, 3.8) is 0 Å². The summed E-state index contributed by atoms with van der Waals surface area (Å²) in [5.74, 6) is -4.61. The van der Waals surface area contributed by atoms with E-state index in [-0.39, 0.29) is 43.2 Å². The Morgan fingerprint density at radius 3 is 1.85 bits per heavy atom. The van der Waals surface area contributed by atoms with E-state index in [2.05, 4.69) is 26.3 Å². The van der Waals surface area contributed by atoms with Crippen molar-refractivity contribution in [3.8, 4) is 0 Å². The first-order valence-corrected chi connectivity index (χ1v) is 18.8. The second-order valence-corrected chi connectivity index (χ2v) is 14.3. The van der Waals surface area contributed by atoms with Crippen LogP contribution in [0.1, 0.15) is 57.2 Å². The first kappa shape index (κ1) is 49.0. The number of ether oxygens (including phenoxy) is 1. The molecule has 0 fully saturated rings. The van der Waals surface area contributed by atoms with Crippen LogP contribution in [0.15, 0.2) is 89.9 Å². The lowest BCUT2D eigenvalue weighted by molar-refractivity contribution is -0.192. The minimum Gasteiger partial charge on any atom is -0.475 e. The number of aliphatic hydroxyl groups is 1. The zero-order chi connectivity index (χ0) is 44.1. The number of halogens is 3. The number of nitrogens with zero attached hydrogens (tertiary/aromatic N) is 1. The molecule has 0 bridgehead atoms. The summed E-state index contributed by atoms with van der Waals surface area (Å²) in [5, 5.41) is 29.4. The van der Waals surface area contributed by atoms with Gasteiger partial charge >= 0.3 is 18.2 Å². The van der Waals surface area contributed by atoms with Crippen molar-refractivity contribution < 1.29 is 52.1 Å². The largest absolute Gasteiger partial charge is 0.490 e. The van der Waals surface area contributed by atoms with Crippen LogP contribution in [0.2, 0.25) is 0 Å². The van der Waals surface area contributed by atoms with Gasteiger partial charge in [0.05, 0.1) is 24.3 Å². The van der Waals surface area contributed by atoms with E-state index in [1.807, 2.05) is 74.5 Å². The lowest BCUT2D eigenvalue weighted by Crippen LogP contribution is -2.58. The quantitative estimate of drug-likeness (QED) is 0.0641. The molecule has 4 amide bonds. The highest BCUT2D eigenvalue weighted by atomic mass is 19.4. The number of alkyl carbamates (subject to hydrolysis) is 1. The van der Waals surface area contributed by atoms with Gasteiger partial charge in [0.25, 0.3) is 0 Å². The maximum absolute atomic E-state index is 13.8. The zero-order valence-corrected chi connectivity index (χ0v) is 33.4. The van der Waals surface area contributed by atoms with Gasteiger partial charge in [-0.3, -0.25) is 14.4 Å². The number of aliphatic imine (C=N–C) groups is 1. The van der Waals surface area contributed by atoms with Crippen molar-refractivity contribution in [1.82, 2.24) is 21.3 Å². The number of rotatable bonds is 19. The van der Waals surface area contributed by atoms with Gasteiger partial charge in [0.15, 0.2) is 5.96 Å². The van der Waals surface area contributed by atoms with E-state index in [9.17, 15) is 37.5 Å². The van der Waals surface area contributed by atoms with E-state index in [0.717, 1.165) is 11.1 Å². The number of hydrogen-bond acceptors (Lipinski definition) is 8. The number of nitrogens with two attached hydrogens (primary N) is 2. The normalized spacial score (nSPS) is 13.1. The third kappa shape index (κ3) is 19.7. The summed E-state index contributed by atoms with van der Waals surface area (Å²) in [6.07, 6.45) is -6.15. The summed E-state index contributed by atoms with van der Waals surface area (Å²) in [5.41, 5.74) is 14.0. The number of guanidine groups is 1. The Balaban J connectivity index is 0.00000157. The molecule has 10 N–H and O–H groups in total. The summed E-state index contributed by atoms with van der Waals surface area (Å²) in [4.78, 5) is 66.1. The number of alkyl halides is 3. The van der Waals surface area contributed by atoms with E-state index in [1.165, 1.54) is 0 Å². The van der Waals surface area contributed by atoms with Crippen LogP contribution in [-0.2, 0) is 43.4 Å². The summed E-state index contributed by atoms with van der Waals surface area (Å²) < 4.78 is 37.1. The third-order valence-corrected chi connectivity index (χ3v) is 8.44. The molecule has 4 atom stereocenters. The number of benzene rings is 3. The number of aliphatic carboxylic acids is 1. The number of carbonyl (C=O) groups excluding carboxylic acids is 4. The molecule has 18 heteroatoms. The number of nitrogens with one attached hydrogen (secondary N) is 4. The molecule has 0 heterocycles. The molecule has 0 spiro atoms. The lowest BCUT2D eigenvalue weighted by Gasteiger charge is -2.30. The Morgan fingerprint density at radius 1 is 0.780 bits per heavy atom. The predicted octanol–water partition coefficient (Wildman–Crippen LogP) is 3.84. The van der Waals surface area contributed by atoms with Crippen LogP contribution in [0.3, 0.4) is 0 Å². The van der Waals surface area contributed by atoms with E-state index < -0.39 is 54.3 Å². The van der Waals surface area contributed by atoms with Crippen LogP contribution in [-0.4, -0.2) is 82.9 Å². The van der Waals surface area contributed by atoms with Crippen molar-refractivity contribution in [2.24, 2.45) is 28.3 Å². The highest BCUT2D eigenvalue weighted by Crippen LogP contribution is 2.16. The Hall–Kier alpha value is -6.17. The number of carboxylic acids is 1. The minimum atomic E-state index is -5.08. The van der Waals surface area contributed by atoms with Crippen molar-refractivity contribution in [3.05, 3.63) is 102 Å². The molecule has 59 heavy (non-hydrogen) atoms. The molecule has 0 aliphatic rings. The van der Waals surface area contributed by atoms with Crippen LogP contribution in [0.5, 0.6) is 0 Å². The Morgan fingerprint density at radius 2 is 1.34 bits per heavy atom. The highest BCUT2D eigenvalue weighted by molar-refractivity contribution is 5.92. The summed E-state index contributed by atoms with van der Waals surface area (Å²) in [6, 6.07) is 22.7. The smallest absolute Gasteiger partial charge is 0.475 e. The molecular weight excluding hydrogens is 775 g/mol. The van der Waals surface area contributed by atoms with Gasteiger partial charge in [-0.2, -0.15) is 13.2 Å². The molecular formula is C41H54F3N7O8. The standard InChI is InChI=1S/C39H53N7O6.C2HF3O2/c1-25(2)21-31(33(47)23-34(48)42-20-19-27-11-7-5-8-12-27)44-37(50)35(26(3)4)46-36(49)32(22-28-15-17-30(18-16-28)43-38(40)41)45-39(51)52-24-29-13-9-6-10-14-29;3-2(4,5)1(6)7/h5-18,25-26,31-33,35,47H,19-24H2,1-4H3,(H,42,48)(H,44,50)(H,45,51)(H,46,49)(H4,40,41,43);(H,6,7)/t31-,32-,33-,35-;/m0./s1. The topological polar surface area (TPSA) is 248 Å². The maximum atomic E-state index is 13.8. The number of aliphatic hydroxyl groups excluding tert-OH is 1. The molecule has 0 unspecified atom stereocenters. The Labute approximate surface area is 341 Å². The highest BCUT2D eigenvalue weighted by Gasteiger charge is 2.38. The van der Waals surface area contributed by atoms with Gasteiger partial charge in [0.1, 0.15) is 18.7 Å². The average molecular weight is 830 g/mol. The van der Waals surface area contributed by atoms with Gasteiger partial charge in [0.2, 0.25) is 17.7 Å². The fraction of sp³-hybridized carbons (Fsp3) is 0.415. The van der Waals surface area contributed by atoms with Crippen molar-refractivity contribution in [2.45, 2.75) is 90.4 Å². The maximum Gasteiger partial charge on any atom is 0.490 e. The Kier molecular flexibility index (Phi) is 20.4. The fourth-order valence-electron chi connectivity index (χ4n) is 5.48. The predicted molar refractivity (Wildman–Crippen MR) is 215 cm³/mol. The van der Waals surface area contributed by atoms with Crippen LogP contribution in [0, 0.1) is 11.8 Å². The molecule has 15 nitrogen and oxygen atoms in total. The first-order chi connectivity index (χ1) is 27.7. The number of hydrogen-bond donors (Lipinski definition) is 8. The second kappa shape index (κ2) is 24.6. The molecule has 0 saturated heterocycles. The first-order valence-electron chi connectivity index (χ1n) is 18.8. The second-order valence-electron chi connectivity index (χ2n) is 14.3. The van der Waals surface area contributed by atoms with Crippen LogP contribution >= 0.6 is 0 Å². The summed E-state index contributed by atoms with van der Waals surface area (Å²) in [7, 11) is 0. The third-order valence-electron chi connectivity index (χ3n) is 8.44. The lowest BCUT2D eigenvalue weighted by atomic mass is 9.95. The number of amides is 4. The van der Waals surface area contributed by atoms with E-state index in [4.69, 9.17) is 26.1 Å². The van der Waals surface area contributed by atoms with Gasteiger partial charge in [0, 0.05) is 13.0 Å². The van der Waals surface area contributed by atoms with Gasteiger partial charge in [-0.05, 0) is 53.5 Å². The molecule has 0 aliphatic carbocycles. The van der Waals surface area contributed by atoms with Crippen LogP contribution in [0.4, 0.5) is 23.7 Å². The fourth-order valence-corrected chi connectivity index (χ4v) is 5.48. The van der Waals surface area contributed by atoms with E-state index >= 15 is 0 Å². The van der Waals surface area contributed by atoms with E-state index in [1.54, 1.807) is 38.1 Å². The van der Waals surface area contributed by atoms with Crippen LogP contribution < -0.4 is 32.7 Å². The SMILES string of the molecule is CC(C)C[C@H](NC(=O)[C@@H](NC(=O)[C@H](Cc1ccc(N=C(N)N)cc1)NC(=O)OCc1ccccc1)C(C)C)[C@@H](O)CC(=O)NCCc1ccccc1.O=C(O)C(F)(F)F. The molecule has 3 aromatic carbocycles. The monoisotopic (exact) mass is 829 g/mol. The van der Waals surface area contributed by atoms with Gasteiger partial charge in [-0.15, -0.1) is 0 Å². The molecule has 0 aliphatic heterocycles. The number of carboxylic acid groups (broad SMARTS) is 1. The minimum absolute atomic E-state index is 0.00410. The molecule has 0 aromatic heterocycles. The molecule has 3 aromatic rings. The zero-order valence-electron chi connectivity index (χ0n) is 33.4.